The first-order valence-corrected chi connectivity index (χ1v) is 9.21. The van der Waals surface area contributed by atoms with Gasteiger partial charge in [0.15, 0.2) is 0 Å². The third kappa shape index (κ3) is 4.20. The van der Waals surface area contributed by atoms with Gasteiger partial charge in [-0.3, -0.25) is 4.90 Å². The van der Waals surface area contributed by atoms with E-state index in [4.69, 9.17) is 4.84 Å². The van der Waals surface area contributed by atoms with Gasteiger partial charge in [0.2, 0.25) is 0 Å². The first kappa shape index (κ1) is 18.2. The van der Waals surface area contributed by atoms with Crippen molar-refractivity contribution in [3.63, 3.8) is 0 Å². The van der Waals surface area contributed by atoms with E-state index < -0.39 is 6.09 Å². The minimum absolute atomic E-state index is 0.319. The molecule has 1 aliphatic heterocycles. The van der Waals surface area contributed by atoms with Crippen molar-refractivity contribution in [3.05, 3.63) is 78.5 Å². The second-order valence-corrected chi connectivity index (χ2v) is 6.72. The lowest BCUT2D eigenvalue weighted by atomic mass is 10.2. The zero-order valence-electron chi connectivity index (χ0n) is 15.4. The fourth-order valence-corrected chi connectivity index (χ4v) is 3.25. The normalized spacial score (nSPS) is 14.8. The van der Waals surface area contributed by atoms with Gasteiger partial charge in [0, 0.05) is 38.3 Å². The Labute approximate surface area is 162 Å². The summed E-state index contributed by atoms with van der Waals surface area (Å²) in [6.07, 6.45) is 2.60. The zero-order chi connectivity index (χ0) is 19.3. The number of rotatable bonds is 4. The van der Waals surface area contributed by atoms with Crippen LogP contribution in [0.2, 0.25) is 0 Å². The minimum Gasteiger partial charge on any atom is -0.315 e. The number of piperazine rings is 1. The number of amides is 1. The molecule has 1 fully saturated rings. The Morgan fingerprint density at radius 2 is 1.71 bits per heavy atom. The Hall–Kier alpha value is -3.19. The summed E-state index contributed by atoms with van der Waals surface area (Å²) in [6.45, 7) is 3.66. The highest BCUT2D eigenvalue weighted by Gasteiger charge is 2.23. The smallest absolute Gasteiger partial charge is 0.315 e. The van der Waals surface area contributed by atoms with E-state index in [1.165, 1.54) is 28.8 Å². The number of nitrogens with zero attached hydrogens (tertiary/aromatic N) is 4. The van der Waals surface area contributed by atoms with Gasteiger partial charge in [-0.05, 0) is 29.8 Å². The van der Waals surface area contributed by atoms with Crippen LogP contribution in [0.25, 0.3) is 11.3 Å². The SMILES string of the molecule is O=C(On1cncc1-c1ccc(F)cc1)N1CCN(Cc2ccccc2)CC1. The maximum Gasteiger partial charge on any atom is 0.434 e. The van der Waals surface area contributed by atoms with Crippen LogP contribution in [0.1, 0.15) is 5.56 Å². The summed E-state index contributed by atoms with van der Waals surface area (Å²) >= 11 is 0. The lowest BCUT2D eigenvalue weighted by molar-refractivity contribution is 0.0688. The fourth-order valence-electron chi connectivity index (χ4n) is 3.25. The molecule has 28 heavy (non-hydrogen) atoms. The highest BCUT2D eigenvalue weighted by molar-refractivity contribution is 5.69. The van der Waals surface area contributed by atoms with Crippen molar-refractivity contribution in [3.8, 4) is 11.3 Å². The number of hydrogen-bond donors (Lipinski definition) is 0. The fraction of sp³-hybridized carbons (Fsp3) is 0.238. The van der Waals surface area contributed by atoms with Crippen molar-refractivity contribution in [2.24, 2.45) is 0 Å². The maximum absolute atomic E-state index is 13.1. The predicted octanol–water partition coefficient (Wildman–Crippen LogP) is 3.06. The molecule has 0 bridgehead atoms. The van der Waals surface area contributed by atoms with Crippen LogP contribution >= 0.6 is 0 Å². The van der Waals surface area contributed by atoms with E-state index >= 15 is 0 Å². The van der Waals surface area contributed by atoms with Crippen molar-refractivity contribution in [2.75, 3.05) is 26.2 Å². The molecule has 1 saturated heterocycles. The summed E-state index contributed by atoms with van der Waals surface area (Å²) in [7, 11) is 0. The molecular formula is C21H21FN4O2. The minimum atomic E-state index is -0.416. The monoisotopic (exact) mass is 380 g/mol. The molecular weight excluding hydrogens is 359 g/mol. The van der Waals surface area contributed by atoms with Crippen LogP contribution in [0.5, 0.6) is 0 Å². The summed E-state index contributed by atoms with van der Waals surface area (Å²) in [6, 6.07) is 16.3. The number of carbonyl (C=O) groups is 1. The second-order valence-electron chi connectivity index (χ2n) is 6.72. The predicted molar refractivity (Wildman–Crippen MR) is 103 cm³/mol. The van der Waals surface area contributed by atoms with Gasteiger partial charge in [0.25, 0.3) is 0 Å². The molecule has 3 aromatic rings. The van der Waals surface area contributed by atoms with Crippen molar-refractivity contribution in [2.45, 2.75) is 6.54 Å². The second kappa shape index (κ2) is 8.22. The number of benzene rings is 2. The molecule has 144 valence electrons. The van der Waals surface area contributed by atoms with E-state index in [1.807, 2.05) is 18.2 Å². The number of hydrogen-bond acceptors (Lipinski definition) is 4. The van der Waals surface area contributed by atoms with Gasteiger partial charge in [0.1, 0.15) is 17.8 Å². The Bertz CT molecular complexity index is 919. The van der Waals surface area contributed by atoms with E-state index in [0.717, 1.165) is 25.2 Å². The third-order valence-electron chi connectivity index (χ3n) is 4.80. The average molecular weight is 380 g/mol. The molecule has 0 atom stereocenters. The third-order valence-corrected chi connectivity index (χ3v) is 4.80. The molecule has 0 N–H and O–H groups in total. The van der Waals surface area contributed by atoms with E-state index in [2.05, 4.69) is 22.0 Å². The maximum atomic E-state index is 13.1. The molecule has 0 spiro atoms. The van der Waals surface area contributed by atoms with Crippen LogP contribution in [-0.4, -0.2) is 51.8 Å². The summed E-state index contributed by atoms with van der Waals surface area (Å²) in [4.78, 5) is 26.1. The largest absolute Gasteiger partial charge is 0.434 e. The van der Waals surface area contributed by atoms with Crippen molar-refractivity contribution >= 4 is 6.09 Å². The van der Waals surface area contributed by atoms with Crippen LogP contribution in [0.3, 0.4) is 0 Å². The van der Waals surface area contributed by atoms with Crippen molar-refractivity contribution < 1.29 is 14.0 Å². The van der Waals surface area contributed by atoms with E-state index in [9.17, 15) is 9.18 Å². The molecule has 0 saturated carbocycles. The zero-order valence-corrected chi connectivity index (χ0v) is 15.4. The van der Waals surface area contributed by atoms with Crippen molar-refractivity contribution in [1.82, 2.24) is 19.5 Å². The van der Waals surface area contributed by atoms with E-state index in [1.54, 1.807) is 23.2 Å². The summed E-state index contributed by atoms with van der Waals surface area (Å²) in [5.74, 6) is -0.319. The molecule has 1 aliphatic rings. The molecule has 4 rings (SSSR count). The lowest BCUT2D eigenvalue weighted by Crippen LogP contribution is -2.50. The van der Waals surface area contributed by atoms with Crippen LogP contribution in [0.4, 0.5) is 9.18 Å². The lowest BCUT2D eigenvalue weighted by Gasteiger charge is -2.33. The van der Waals surface area contributed by atoms with Crippen LogP contribution in [0.15, 0.2) is 67.1 Å². The molecule has 2 heterocycles. The topological polar surface area (TPSA) is 50.6 Å². The van der Waals surface area contributed by atoms with Crippen LogP contribution < -0.4 is 4.84 Å². The van der Waals surface area contributed by atoms with Gasteiger partial charge in [-0.1, -0.05) is 30.3 Å². The first-order chi connectivity index (χ1) is 13.7. The van der Waals surface area contributed by atoms with Gasteiger partial charge >= 0.3 is 6.09 Å². The Morgan fingerprint density at radius 3 is 2.43 bits per heavy atom. The quantitative estimate of drug-likeness (QED) is 0.698. The molecule has 0 aliphatic carbocycles. The highest BCUT2D eigenvalue weighted by atomic mass is 19.1. The number of imidazole rings is 1. The van der Waals surface area contributed by atoms with Gasteiger partial charge in [0.05, 0.1) is 6.20 Å². The van der Waals surface area contributed by atoms with Crippen molar-refractivity contribution in [1.29, 1.82) is 0 Å². The van der Waals surface area contributed by atoms with Crippen LogP contribution in [-0.2, 0) is 6.54 Å². The Balaban J connectivity index is 1.34. The average Bonchev–Trinajstić information content (AvgIpc) is 3.18. The first-order valence-electron chi connectivity index (χ1n) is 9.21. The summed E-state index contributed by atoms with van der Waals surface area (Å²) < 4.78 is 14.5. The standard InChI is InChI=1S/C21H21FN4O2/c22-19-8-6-18(7-9-19)20-14-23-16-26(20)28-21(27)25-12-10-24(11-13-25)15-17-4-2-1-3-5-17/h1-9,14,16H,10-13,15H2. The number of halogens is 1. The molecule has 6 nitrogen and oxygen atoms in total. The van der Waals surface area contributed by atoms with E-state index in [-0.39, 0.29) is 5.82 Å². The number of aromatic nitrogens is 2. The molecule has 0 unspecified atom stereocenters. The summed E-state index contributed by atoms with van der Waals surface area (Å²) in [5.41, 5.74) is 2.58. The highest BCUT2D eigenvalue weighted by Crippen LogP contribution is 2.19. The molecule has 1 aromatic heterocycles. The van der Waals surface area contributed by atoms with E-state index in [0.29, 0.717) is 18.8 Å². The Kier molecular flexibility index (Phi) is 5.34. The van der Waals surface area contributed by atoms with Gasteiger partial charge in [-0.2, -0.15) is 4.73 Å². The molecule has 0 radical (unpaired) electrons. The summed E-state index contributed by atoms with van der Waals surface area (Å²) in [5, 5.41) is 0. The number of carbonyl (C=O) groups excluding carboxylic acids is 1. The molecule has 1 amide bonds. The van der Waals surface area contributed by atoms with Crippen LogP contribution in [0, 0.1) is 5.82 Å². The van der Waals surface area contributed by atoms with Gasteiger partial charge < -0.3 is 9.74 Å². The van der Waals surface area contributed by atoms with Gasteiger partial charge in [-0.15, -0.1) is 0 Å². The van der Waals surface area contributed by atoms with Gasteiger partial charge in [-0.25, -0.2) is 14.2 Å². The molecule has 2 aromatic carbocycles. The Morgan fingerprint density at radius 1 is 1.00 bits per heavy atom. The molecule has 7 heteroatoms.